The van der Waals surface area contributed by atoms with Crippen molar-refractivity contribution in [3.63, 3.8) is 0 Å². The van der Waals surface area contributed by atoms with Crippen LogP contribution < -0.4 is 23.7 Å². The number of amides is 1. The highest BCUT2D eigenvalue weighted by atomic mass is 16.5. The predicted octanol–water partition coefficient (Wildman–Crippen LogP) is 1.75. The van der Waals surface area contributed by atoms with E-state index >= 15 is 0 Å². The first-order chi connectivity index (χ1) is 17.2. The number of benzene rings is 2. The molecule has 0 saturated carbocycles. The largest absolute Gasteiger partial charge is 0.493 e. The molecule has 1 amide bonds. The molecule has 0 radical (unpaired) electrons. The number of rotatable bonds is 8. The van der Waals surface area contributed by atoms with E-state index in [9.17, 15) is 24.6 Å². The summed E-state index contributed by atoms with van der Waals surface area (Å²) in [5, 5.41) is 19.0. The summed E-state index contributed by atoms with van der Waals surface area (Å²) >= 11 is 0. The van der Waals surface area contributed by atoms with Crippen molar-refractivity contribution in [2.45, 2.75) is 18.6 Å². The fourth-order valence-corrected chi connectivity index (χ4v) is 4.14. The number of ketones is 1. The Morgan fingerprint density at radius 2 is 1.81 bits per heavy atom. The molecule has 2 N–H and O–H groups in total. The van der Waals surface area contributed by atoms with E-state index in [-0.39, 0.29) is 36.0 Å². The molecule has 2 aliphatic rings. The van der Waals surface area contributed by atoms with Crippen LogP contribution in [0.2, 0.25) is 0 Å². The summed E-state index contributed by atoms with van der Waals surface area (Å²) in [5.74, 6) is -0.252. The minimum Gasteiger partial charge on any atom is -0.493 e. The summed E-state index contributed by atoms with van der Waals surface area (Å²) < 4.78 is 27.3. The number of nitrogens with zero attached hydrogens (tertiary/aromatic N) is 1. The van der Waals surface area contributed by atoms with Crippen LogP contribution in [0.3, 0.4) is 0 Å². The lowest BCUT2D eigenvalue weighted by Crippen LogP contribution is -2.42. The normalized spacial score (nSPS) is 19.6. The van der Waals surface area contributed by atoms with E-state index in [1.165, 1.54) is 39.5 Å². The zero-order valence-electron chi connectivity index (χ0n) is 19.8. The number of aliphatic hydroxyl groups excluding tert-OH is 1. The van der Waals surface area contributed by atoms with Crippen molar-refractivity contribution < 1.29 is 48.3 Å². The van der Waals surface area contributed by atoms with Gasteiger partial charge in [0.2, 0.25) is 11.5 Å². The van der Waals surface area contributed by atoms with Gasteiger partial charge in [0.15, 0.2) is 23.9 Å². The number of carboxylic acids is 1. The summed E-state index contributed by atoms with van der Waals surface area (Å²) in [4.78, 5) is 37.7. The van der Waals surface area contributed by atoms with Crippen LogP contribution in [0.1, 0.15) is 22.3 Å². The van der Waals surface area contributed by atoms with Gasteiger partial charge in [-0.25, -0.2) is 4.79 Å². The Labute approximate surface area is 206 Å². The second-order valence-electron chi connectivity index (χ2n) is 8.13. The lowest BCUT2D eigenvalue weighted by Gasteiger charge is -2.21. The molecule has 1 fully saturated rings. The zero-order chi connectivity index (χ0) is 26.0. The number of carboxylic acid groups (broad SMARTS) is 1. The van der Waals surface area contributed by atoms with E-state index < -0.39 is 30.6 Å². The number of aliphatic carboxylic acids is 1. The monoisotopic (exact) mass is 499 g/mol. The molecule has 4 rings (SSSR count). The maximum atomic E-state index is 12.9. The van der Waals surface area contributed by atoms with Crippen LogP contribution in [0, 0.1) is 0 Å². The molecule has 190 valence electrons. The van der Waals surface area contributed by atoms with Gasteiger partial charge < -0.3 is 38.8 Å². The molecule has 1 unspecified atom stereocenters. The van der Waals surface area contributed by atoms with Gasteiger partial charge in [-0.3, -0.25) is 9.59 Å². The molecule has 11 nitrogen and oxygen atoms in total. The lowest BCUT2D eigenvalue weighted by molar-refractivity contribution is -0.148. The Morgan fingerprint density at radius 3 is 2.42 bits per heavy atom. The van der Waals surface area contributed by atoms with E-state index in [4.69, 9.17) is 23.7 Å². The van der Waals surface area contributed by atoms with Crippen LogP contribution in [-0.4, -0.2) is 79.4 Å². The molecule has 0 aromatic heterocycles. The maximum absolute atomic E-state index is 12.9. The van der Waals surface area contributed by atoms with Gasteiger partial charge in [-0.2, -0.15) is 0 Å². The van der Waals surface area contributed by atoms with Crippen molar-refractivity contribution in [2.24, 2.45) is 0 Å². The third-order valence-electron chi connectivity index (χ3n) is 5.87. The Kier molecular flexibility index (Phi) is 7.02. The van der Waals surface area contributed by atoms with E-state index in [1.807, 2.05) is 0 Å². The smallest absolute Gasteiger partial charge is 0.326 e. The number of carbonyl (C=O) groups excluding carboxylic acids is 2. The average Bonchev–Trinajstić information content (AvgIpc) is 3.41. The third kappa shape index (κ3) is 4.78. The first-order valence-electron chi connectivity index (χ1n) is 11.0. The Morgan fingerprint density at radius 1 is 1.11 bits per heavy atom. The molecule has 36 heavy (non-hydrogen) atoms. The maximum Gasteiger partial charge on any atom is 0.326 e. The van der Waals surface area contributed by atoms with Gasteiger partial charge >= 0.3 is 5.97 Å². The zero-order valence-corrected chi connectivity index (χ0v) is 19.8. The van der Waals surface area contributed by atoms with Crippen LogP contribution in [0.25, 0.3) is 6.08 Å². The van der Waals surface area contributed by atoms with Crippen molar-refractivity contribution >= 4 is 23.7 Å². The summed E-state index contributed by atoms with van der Waals surface area (Å²) in [5.41, 5.74) is 0.907. The second-order valence-corrected chi connectivity index (χ2v) is 8.13. The number of carbonyl (C=O) groups is 3. The van der Waals surface area contributed by atoms with E-state index in [0.717, 1.165) is 4.90 Å². The summed E-state index contributed by atoms with van der Waals surface area (Å²) in [6.07, 6.45) is 0.615. The molecular formula is C25H25NO10. The average molecular weight is 499 g/mol. The number of aliphatic hydroxyl groups is 1. The number of ether oxygens (including phenoxy) is 5. The van der Waals surface area contributed by atoms with Gasteiger partial charge in [-0.15, -0.1) is 0 Å². The van der Waals surface area contributed by atoms with Gasteiger partial charge in [0.1, 0.15) is 17.5 Å². The molecular weight excluding hydrogens is 474 g/mol. The lowest BCUT2D eigenvalue weighted by atomic mass is 10.1. The number of fused-ring (bicyclic) bond motifs is 1. The molecule has 1 saturated heterocycles. The van der Waals surface area contributed by atoms with E-state index in [2.05, 4.69) is 0 Å². The van der Waals surface area contributed by atoms with Gasteiger partial charge in [-0.05, 0) is 35.9 Å². The molecule has 2 heterocycles. The molecule has 2 aliphatic heterocycles. The molecule has 0 aliphatic carbocycles. The van der Waals surface area contributed by atoms with E-state index in [1.54, 1.807) is 18.2 Å². The van der Waals surface area contributed by atoms with Gasteiger partial charge in [-0.1, -0.05) is 0 Å². The van der Waals surface area contributed by atoms with Crippen molar-refractivity contribution in [1.29, 1.82) is 0 Å². The van der Waals surface area contributed by atoms with Crippen LogP contribution in [0.5, 0.6) is 28.7 Å². The molecule has 0 spiro atoms. The quantitative estimate of drug-likeness (QED) is 0.516. The number of Topliss-reactive ketones (excluding diaryl/α,β-unsaturated/α-hetero) is 1. The van der Waals surface area contributed by atoms with Crippen molar-refractivity contribution in [3.05, 3.63) is 47.2 Å². The van der Waals surface area contributed by atoms with Crippen molar-refractivity contribution in [3.8, 4) is 28.7 Å². The van der Waals surface area contributed by atoms with Crippen LogP contribution >= 0.6 is 0 Å². The first-order valence-corrected chi connectivity index (χ1v) is 11.0. The number of hydrogen-bond acceptors (Lipinski definition) is 9. The SMILES string of the molecule is COc1cc(/C=C2/Oc3cc(OCC(=O)N4CC(O)C[C@H]4C(=O)O)ccc3C2=O)cc(OC)c1OC. The Hall–Kier alpha value is -4.25. The molecule has 2 atom stereocenters. The Bertz CT molecular complexity index is 1210. The topological polar surface area (TPSA) is 141 Å². The third-order valence-corrected chi connectivity index (χ3v) is 5.87. The van der Waals surface area contributed by atoms with Gasteiger partial charge in [0.25, 0.3) is 5.91 Å². The fraction of sp³-hybridized carbons (Fsp3) is 0.320. The molecule has 2 aromatic carbocycles. The standard InChI is InChI=1S/C25H25NO10/c1-32-20-7-13(8-21(33-2)24(20)34-3)6-19-23(29)16-5-4-15(10-18(16)36-19)35-12-22(28)26-11-14(27)9-17(26)25(30)31/h4-8,10,14,17,27H,9,11-12H2,1-3H3,(H,30,31)/b19-6+/t14?,17-/m0/s1. The second kappa shape index (κ2) is 10.2. The highest BCUT2D eigenvalue weighted by Crippen LogP contribution is 2.40. The number of β-amino-alcohol motifs (C(OH)–C–C–N with tert-alkyl or cyclic N) is 1. The van der Waals surface area contributed by atoms with Crippen LogP contribution in [0.15, 0.2) is 36.1 Å². The van der Waals surface area contributed by atoms with E-state index in [0.29, 0.717) is 28.4 Å². The van der Waals surface area contributed by atoms with Crippen molar-refractivity contribution in [1.82, 2.24) is 4.90 Å². The fourth-order valence-electron chi connectivity index (χ4n) is 4.14. The highest BCUT2D eigenvalue weighted by molar-refractivity contribution is 6.14. The Balaban J connectivity index is 1.49. The highest BCUT2D eigenvalue weighted by Gasteiger charge is 2.39. The van der Waals surface area contributed by atoms with Gasteiger partial charge in [0, 0.05) is 19.0 Å². The summed E-state index contributed by atoms with van der Waals surface area (Å²) in [6.45, 7) is -0.507. The van der Waals surface area contributed by atoms with Crippen LogP contribution in [0.4, 0.5) is 0 Å². The van der Waals surface area contributed by atoms with Gasteiger partial charge in [0.05, 0.1) is 33.0 Å². The minimum absolute atomic E-state index is 0.0308. The van der Waals surface area contributed by atoms with Crippen LogP contribution in [-0.2, 0) is 9.59 Å². The first kappa shape index (κ1) is 24.9. The number of hydrogen-bond donors (Lipinski definition) is 2. The predicted molar refractivity (Wildman–Crippen MR) is 125 cm³/mol. The number of methoxy groups -OCH3 is 3. The summed E-state index contributed by atoms with van der Waals surface area (Å²) in [6, 6.07) is 6.77. The minimum atomic E-state index is -1.18. The molecule has 0 bridgehead atoms. The molecule has 2 aromatic rings. The molecule has 11 heteroatoms. The number of allylic oxidation sites excluding steroid dienone is 1. The summed E-state index contributed by atoms with van der Waals surface area (Å²) in [7, 11) is 4.47. The number of likely N-dealkylation sites (tertiary alicyclic amines) is 1. The van der Waals surface area contributed by atoms with Crippen molar-refractivity contribution in [2.75, 3.05) is 34.5 Å².